The van der Waals surface area contributed by atoms with Crippen molar-refractivity contribution in [2.45, 2.75) is 60.8 Å². The molecule has 0 spiro atoms. The minimum absolute atomic E-state index is 0. The third-order valence-corrected chi connectivity index (χ3v) is 12.9. The van der Waals surface area contributed by atoms with Crippen LogP contribution in [0.4, 0.5) is 24.5 Å². The van der Waals surface area contributed by atoms with Gasteiger partial charge in [-0.2, -0.15) is 13.2 Å². The lowest BCUT2D eigenvalue weighted by atomic mass is 9.81. The molecule has 5 heterocycles. The van der Waals surface area contributed by atoms with Gasteiger partial charge in [0.2, 0.25) is 0 Å². The zero-order valence-electron chi connectivity index (χ0n) is 34.5. The number of β-amino-alcohol motifs (C(OH)–C–C–N with tert-alkyl or cyclic N) is 1. The molecule has 1 N–H and O–H groups in total. The second-order valence-electron chi connectivity index (χ2n) is 15.7. The molecule has 0 bridgehead atoms. The first-order valence-electron chi connectivity index (χ1n) is 20.2. The summed E-state index contributed by atoms with van der Waals surface area (Å²) in [6, 6.07) is 19.3. The predicted octanol–water partition coefficient (Wildman–Crippen LogP) is 8.93. The fraction of sp³-hybridized carbons (Fsp3) is 0.444. The van der Waals surface area contributed by atoms with Crippen molar-refractivity contribution in [2.75, 3.05) is 78.1 Å². The van der Waals surface area contributed by atoms with Gasteiger partial charge in [-0.3, -0.25) is 9.69 Å². The van der Waals surface area contributed by atoms with Gasteiger partial charge in [-0.1, -0.05) is 37.7 Å². The van der Waals surface area contributed by atoms with Crippen LogP contribution >= 0.6 is 36.6 Å². The number of aliphatic hydroxyl groups excluding tert-OH is 1. The second-order valence-corrected chi connectivity index (χ2v) is 16.8. The molecule has 1 saturated heterocycles. The van der Waals surface area contributed by atoms with Crippen molar-refractivity contribution in [3.8, 4) is 28.7 Å². The summed E-state index contributed by atoms with van der Waals surface area (Å²) in [6.07, 6.45) is -3.01. The van der Waals surface area contributed by atoms with Crippen LogP contribution in [0.15, 0.2) is 76.5 Å². The van der Waals surface area contributed by atoms with Crippen LogP contribution in [-0.2, 0) is 12.6 Å². The summed E-state index contributed by atoms with van der Waals surface area (Å²) >= 11 is 1.53. The Hall–Kier alpha value is -4.05. The molecule has 0 amide bonds. The van der Waals surface area contributed by atoms with Crippen molar-refractivity contribution in [3.05, 3.63) is 89.0 Å². The molecule has 5 aliphatic rings. The molecule has 4 aromatic carbocycles. The summed E-state index contributed by atoms with van der Waals surface area (Å²) in [4.78, 5) is 22.2. The van der Waals surface area contributed by atoms with Crippen molar-refractivity contribution in [2.24, 2.45) is 5.92 Å². The number of anilines is 2. The molecule has 0 saturated carbocycles. The van der Waals surface area contributed by atoms with E-state index in [4.69, 9.17) is 28.8 Å². The molecule has 10 nitrogen and oxygen atoms in total. The number of rotatable bonds is 9. The Morgan fingerprint density at radius 3 is 2.21 bits per heavy atom. The Morgan fingerprint density at radius 1 is 0.836 bits per heavy atom. The number of ether oxygens (including phenoxy) is 5. The highest BCUT2D eigenvalue weighted by Crippen LogP contribution is 2.51. The fourth-order valence-corrected chi connectivity index (χ4v) is 9.62. The zero-order chi connectivity index (χ0) is 41.4. The number of hydrogen-bond donors (Lipinski definition) is 1. The predicted molar refractivity (Wildman–Crippen MR) is 234 cm³/mol. The number of carbonyl (C=O) groups excluding carboxylic acids is 1. The standard InChI is InChI=1S/C23H24O6.C22H26F3N3OS.2ClH/c1-11(2)16-8-14-15(28-16)6-5-12-22(24)21-13-7-18(25-3)19(26-4)9-17(13)27-10-20(21)29-23(12)14;23-22(24,25)17-6-7-21-19(16-17)28(18-4-1-2-5-20(18)30-21)9-3-8-26-10-12-27(13-11-26)14-15-29;;/h5-7,9,11,16,20-21H,8,10H2,1-4H3;1-2,4-7,16,29H,3,8-15H2;2*1H. The van der Waals surface area contributed by atoms with E-state index in [1.165, 1.54) is 23.9 Å². The van der Waals surface area contributed by atoms with Crippen LogP contribution in [0.3, 0.4) is 0 Å². The maximum atomic E-state index is 13.5. The largest absolute Gasteiger partial charge is 0.493 e. The molecule has 3 unspecified atom stereocenters. The van der Waals surface area contributed by atoms with Crippen LogP contribution in [0.5, 0.6) is 28.7 Å². The van der Waals surface area contributed by atoms with Gasteiger partial charge in [0.05, 0.1) is 49.2 Å². The fourth-order valence-electron chi connectivity index (χ4n) is 8.54. The monoisotopic (exact) mass is 905 g/mol. The van der Waals surface area contributed by atoms with Gasteiger partial charge in [0, 0.05) is 72.7 Å². The molecule has 0 aromatic heterocycles. The minimum Gasteiger partial charge on any atom is -0.493 e. The Bertz CT molecular complexity index is 2190. The van der Waals surface area contributed by atoms with Gasteiger partial charge in [-0.05, 0) is 67.4 Å². The topological polar surface area (TPSA) is 93.2 Å². The number of Topliss-reactive ketones (excluding diaryl/α,β-unsaturated/α-hetero) is 1. The van der Waals surface area contributed by atoms with E-state index >= 15 is 0 Å². The van der Waals surface area contributed by atoms with Crippen LogP contribution in [0.25, 0.3) is 0 Å². The van der Waals surface area contributed by atoms with Gasteiger partial charge in [-0.15, -0.1) is 24.8 Å². The maximum absolute atomic E-state index is 13.5. The van der Waals surface area contributed by atoms with E-state index in [1.807, 2.05) is 47.4 Å². The van der Waals surface area contributed by atoms with Crippen LogP contribution in [0.1, 0.15) is 53.2 Å². The van der Waals surface area contributed by atoms with E-state index in [2.05, 4.69) is 23.6 Å². The Morgan fingerprint density at radius 2 is 1.52 bits per heavy atom. The Balaban J connectivity index is 0.000000198. The van der Waals surface area contributed by atoms with Gasteiger partial charge in [0.25, 0.3) is 0 Å². The third kappa shape index (κ3) is 9.50. The highest BCUT2D eigenvalue weighted by molar-refractivity contribution is 7.99. The summed E-state index contributed by atoms with van der Waals surface area (Å²) < 4.78 is 69.1. The van der Waals surface area contributed by atoms with Crippen LogP contribution in [0, 0.1) is 5.92 Å². The molecule has 330 valence electrons. The number of nitrogens with zero attached hydrogens (tertiary/aromatic N) is 3. The van der Waals surface area contributed by atoms with E-state index in [-0.39, 0.29) is 49.4 Å². The van der Waals surface area contributed by atoms with Gasteiger partial charge in [0.1, 0.15) is 36.1 Å². The lowest BCUT2D eigenvalue weighted by molar-refractivity contribution is -0.137. The van der Waals surface area contributed by atoms with E-state index < -0.39 is 17.7 Å². The minimum atomic E-state index is -4.35. The molecule has 5 aliphatic heterocycles. The normalized spacial score (nSPS) is 20.0. The Kier molecular flexibility index (Phi) is 14.9. The summed E-state index contributed by atoms with van der Waals surface area (Å²) in [5.41, 5.74) is 3.38. The van der Waals surface area contributed by atoms with Crippen molar-refractivity contribution < 1.29 is 46.8 Å². The summed E-state index contributed by atoms with van der Waals surface area (Å²) in [5, 5.41) is 9.07. The maximum Gasteiger partial charge on any atom is 0.416 e. The Labute approximate surface area is 371 Å². The number of carbonyl (C=O) groups is 1. The first kappa shape index (κ1) is 46.5. The van der Waals surface area contributed by atoms with Crippen molar-refractivity contribution in [1.82, 2.24) is 9.80 Å². The van der Waals surface area contributed by atoms with E-state index in [0.717, 1.165) is 77.9 Å². The third-order valence-electron chi connectivity index (χ3n) is 11.8. The first-order chi connectivity index (χ1) is 28.5. The van der Waals surface area contributed by atoms with E-state index in [1.54, 1.807) is 26.4 Å². The van der Waals surface area contributed by atoms with Gasteiger partial charge < -0.3 is 38.6 Å². The molecule has 1 fully saturated rings. The number of halogens is 5. The van der Waals surface area contributed by atoms with Gasteiger partial charge in [0.15, 0.2) is 17.3 Å². The van der Waals surface area contributed by atoms with Crippen LogP contribution in [0.2, 0.25) is 0 Å². The van der Waals surface area contributed by atoms with Crippen molar-refractivity contribution >= 4 is 53.7 Å². The number of benzene rings is 4. The number of methoxy groups -OCH3 is 2. The molecule has 4 aromatic rings. The second kappa shape index (κ2) is 19.6. The van der Waals surface area contributed by atoms with Crippen molar-refractivity contribution in [3.63, 3.8) is 0 Å². The lowest BCUT2D eigenvalue weighted by Gasteiger charge is -2.37. The quantitative estimate of drug-likeness (QED) is 0.175. The molecule has 16 heteroatoms. The molecular formula is C45H52Cl2F3N3O7S. The lowest BCUT2D eigenvalue weighted by Crippen LogP contribution is -2.47. The number of hydrogen-bond acceptors (Lipinski definition) is 11. The summed E-state index contributed by atoms with van der Waals surface area (Å²) in [6.45, 7) is 10.9. The molecule has 9 rings (SSSR count). The summed E-state index contributed by atoms with van der Waals surface area (Å²) in [7, 11) is 3.16. The number of aliphatic hydroxyl groups is 1. The van der Waals surface area contributed by atoms with Crippen LogP contribution in [-0.4, -0.2) is 106 Å². The highest BCUT2D eigenvalue weighted by Gasteiger charge is 2.46. The number of fused-ring (bicyclic) bond motifs is 8. The molecular weight excluding hydrogens is 854 g/mol. The SMILES string of the molecule is COc1cc2c(cc1OC)C1C(=O)c3ccc4c(c3OC1CO2)CC(C(C)C)O4.Cl.Cl.OCCN1CCN(CCCN2c3ccccc3Sc3ccc(C(F)(F)F)cc32)CC1. The molecule has 61 heavy (non-hydrogen) atoms. The van der Waals surface area contributed by atoms with E-state index in [0.29, 0.717) is 59.9 Å². The zero-order valence-corrected chi connectivity index (χ0v) is 37.0. The van der Waals surface area contributed by atoms with E-state index in [9.17, 15) is 18.0 Å². The number of piperazine rings is 1. The van der Waals surface area contributed by atoms with Crippen LogP contribution < -0.4 is 28.6 Å². The number of ketones is 1. The molecule has 0 radical (unpaired) electrons. The average molecular weight is 907 g/mol. The average Bonchev–Trinajstić information content (AvgIpc) is 3.69. The number of alkyl halides is 3. The molecule has 0 aliphatic carbocycles. The van der Waals surface area contributed by atoms with Crippen molar-refractivity contribution in [1.29, 1.82) is 0 Å². The van der Waals surface area contributed by atoms with Gasteiger partial charge >= 0.3 is 6.18 Å². The molecule has 3 atom stereocenters. The highest BCUT2D eigenvalue weighted by atomic mass is 35.5. The first-order valence-corrected chi connectivity index (χ1v) is 21.0. The van der Waals surface area contributed by atoms with Gasteiger partial charge in [-0.25, -0.2) is 0 Å². The summed E-state index contributed by atoms with van der Waals surface area (Å²) in [5.74, 6) is 3.24. The number of para-hydroxylation sites is 1. The smallest absolute Gasteiger partial charge is 0.416 e.